The predicted molar refractivity (Wildman–Crippen MR) is 95.4 cm³/mol. The van der Waals surface area contributed by atoms with Crippen molar-refractivity contribution < 1.29 is 19.7 Å². The molecule has 0 amide bonds. The summed E-state index contributed by atoms with van der Waals surface area (Å²) in [5, 5.41) is 19.1. The van der Waals surface area contributed by atoms with Gasteiger partial charge in [0.15, 0.2) is 0 Å². The van der Waals surface area contributed by atoms with Crippen LogP contribution in [-0.2, 0) is 0 Å². The molecule has 0 heterocycles. The van der Waals surface area contributed by atoms with Crippen LogP contribution < -0.4 is 16.2 Å². The molecule has 0 saturated carbocycles. The number of phenols is 2. The highest BCUT2D eigenvalue weighted by atomic mass is 16.5. The summed E-state index contributed by atoms with van der Waals surface area (Å²) in [5.74, 6) is -0.416. The molecule has 0 aliphatic heterocycles. The number of carbonyl (C=O) groups excluding carboxylic acids is 1. The first-order valence-corrected chi connectivity index (χ1v) is 7.43. The first kappa shape index (κ1) is 16.2. The Balaban J connectivity index is 1.99. The number of ether oxygens (including phenoxy) is 1. The van der Waals surface area contributed by atoms with Crippen molar-refractivity contribution in [3.8, 4) is 28.4 Å². The van der Waals surface area contributed by atoms with E-state index in [1.165, 1.54) is 30.3 Å². The maximum Gasteiger partial charge on any atom is 0.344 e. The van der Waals surface area contributed by atoms with E-state index < -0.39 is 5.97 Å². The SMILES string of the molecule is Nc1ccc(C(=O)Oc2ccc(O)c(N)c2)c(-c2cccc(O)c2)c1. The molecule has 3 aromatic carbocycles. The quantitative estimate of drug-likeness (QED) is 0.252. The van der Waals surface area contributed by atoms with Crippen LogP contribution in [0.5, 0.6) is 17.2 Å². The summed E-state index contributed by atoms with van der Waals surface area (Å²) in [5.41, 5.74) is 13.5. The van der Waals surface area contributed by atoms with E-state index in [-0.39, 0.29) is 28.5 Å². The molecule has 0 aromatic heterocycles. The number of rotatable bonds is 3. The van der Waals surface area contributed by atoms with Crippen molar-refractivity contribution in [3.63, 3.8) is 0 Å². The summed E-state index contributed by atoms with van der Waals surface area (Å²) in [6, 6.07) is 15.4. The van der Waals surface area contributed by atoms with Crippen molar-refractivity contribution in [2.45, 2.75) is 0 Å². The molecule has 3 rings (SSSR count). The average molecular weight is 336 g/mol. The summed E-state index contributed by atoms with van der Waals surface area (Å²) < 4.78 is 5.34. The number of benzene rings is 3. The number of carbonyl (C=O) groups is 1. The van der Waals surface area contributed by atoms with Gasteiger partial charge < -0.3 is 26.4 Å². The van der Waals surface area contributed by atoms with Crippen LogP contribution in [0, 0.1) is 0 Å². The zero-order valence-electron chi connectivity index (χ0n) is 13.1. The van der Waals surface area contributed by atoms with Gasteiger partial charge in [-0.05, 0) is 53.6 Å². The Bertz CT molecular complexity index is 954. The van der Waals surface area contributed by atoms with Gasteiger partial charge in [-0.2, -0.15) is 0 Å². The Labute approximate surface area is 143 Å². The minimum atomic E-state index is -0.608. The summed E-state index contributed by atoms with van der Waals surface area (Å²) in [7, 11) is 0. The molecule has 0 aliphatic rings. The Morgan fingerprint density at radius 1 is 0.920 bits per heavy atom. The molecule has 0 saturated heterocycles. The standard InChI is InChI=1S/C19H16N2O4/c20-12-4-6-15(16(9-12)11-2-1-3-13(22)8-11)19(24)25-14-5-7-18(23)17(21)10-14/h1-10,22-23H,20-21H2. The molecule has 6 N–H and O–H groups in total. The largest absolute Gasteiger partial charge is 0.508 e. The summed E-state index contributed by atoms with van der Waals surface area (Å²) in [6.45, 7) is 0. The highest BCUT2D eigenvalue weighted by Gasteiger charge is 2.16. The molecule has 0 radical (unpaired) electrons. The Hall–Kier alpha value is -3.67. The van der Waals surface area contributed by atoms with Crippen LogP contribution in [0.3, 0.4) is 0 Å². The molecule has 0 aliphatic carbocycles. The normalized spacial score (nSPS) is 10.4. The number of nitrogens with two attached hydrogens (primary N) is 2. The minimum absolute atomic E-state index is 0.0746. The highest BCUT2D eigenvalue weighted by Crippen LogP contribution is 2.30. The molecule has 0 spiro atoms. The first-order valence-electron chi connectivity index (χ1n) is 7.43. The molecular weight excluding hydrogens is 320 g/mol. The van der Waals surface area contributed by atoms with Gasteiger partial charge in [-0.3, -0.25) is 0 Å². The third-order valence-electron chi connectivity index (χ3n) is 3.63. The van der Waals surface area contributed by atoms with Gasteiger partial charge in [0.1, 0.15) is 17.2 Å². The van der Waals surface area contributed by atoms with Crippen LogP contribution in [0.15, 0.2) is 60.7 Å². The van der Waals surface area contributed by atoms with Crippen LogP contribution in [0.1, 0.15) is 10.4 Å². The van der Waals surface area contributed by atoms with Crippen LogP contribution >= 0.6 is 0 Å². The number of hydrogen-bond acceptors (Lipinski definition) is 6. The van der Waals surface area contributed by atoms with E-state index in [1.807, 2.05) is 0 Å². The van der Waals surface area contributed by atoms with Crippen LogP contribution in [0.2, 0.25) is 0 Å². The second-order valence-corrected chi connectivity index (χ2v) is 5.47. The number of aromatic hydroxyl groups is 2. The molecule has 3 aromatic rings. The summed E-state index contributed by atoms with van der Waals surface area (Å²) in [6.07, 6.45) is 0. The van der Waals surface area contributed by atoms with Gasteiger partial charge in [0, 0.05) is 11.8 Å². The average Bonchev–Trinajstić information content (AvgIpc) is 2.58. The number of nitrogen functional groups attached to an aromatic ring is 2. The minimum Gasteiger partial charge on any atom is -0.508 e. The smallest absolute Gasteiger partial charge is 0.344 e. The van der Waals surface area contributed by atoms with Gasteiger partial charge in [-0.1, -0.05) is 12.1 Å². The number of esters is 1. The molecular formula is C19H16N2O4. The zero-order chi connectivity index (χ0) is 18.0. The van der Waals surface area contributed by atoms with Crippen molar-refractivity contribution in [2.24, 2.45) is 0 Å². The van der Waals surface area contributed by atoms with Crippen molar-refractivity contribution in [1.29, 1.82) is 0 Å². The van der Waals surface area contributed by atoms with E-state index in [9.17, 15) is 15.0 Å². The van der Waals surface area contributed by atoms with Gasteiger partial charge in [0.25, 0.3) is 0 Å². The van der Waals surface area contributed by atoms with Crippen molar-refractivity contribution in [1.82, 2.24) is 0 Å². The Kier molecular flexibility index (Phi) is 4.18. The van der Waals surface area contributed by atoms with E-state index >= 15 is 0 Å². The summed E-state index contributed by atoms with van der Waals surface area (Å²) in [4.78, 5) is 12.6. The highest BCUT2D eigenvalue weighted by molar-refractivity contribution is 5.99. The van der Waals surface area contributed by atoms with Gasteiger partial charge >= 0.3 is 5.97 Å². The fourth-order valence-corrected chi connectivity index (χ4v) is 2.41. The number of anilines is 2. The van der Waals surface area contributed by atoms with Crippen molar-refractivity contribution in [2.75, 3.05) is 11.5 Å². The molecule has 0 fully saturated rings. The fourth-order valence-electron chi connectivity index (χ4n) is 2.41. The Morgan fingerprint density at radius 3 is 2.44 bits per heavy atom. The Morgan fingerprint density at radius 2 is 1.72 bits per heavy atom. The number of phenolic OH excluding ortho intramolecular Hbond substituents is 2. The van der Waals surface area contributed by atoms with Crippen LogP contribution in [-0.4, -0.2) is 16.2 Å². The third kappa shape index (κ3) is 3.48. The lowest BCUT2D eigenvalue weighted by Gasteiger charge is -2.11. The van der Waals surface area contributed by atoms with Gasteiger partial charge in [-0.15, -0.1) is 0 Å². The predicted octanol–water partition coefficient (Wildman–Crippen LogP) is 3.15. The second-order valence-electron chi connectivity index (χ2n) is 5.47. The summed E-state index contributed by atoms with van der Waals surface area (Å²) >= 11 is 0. The lowest BCUT2D eigenvalue weighted by atomic mass is 9.99. The van der Waals surface area contributed by atoms with E-state index in [2.05, 4.69) is 0 Å². The van der Waals surface area contributed by atoms with Crippen molar-refractivity contribution in [3.05, 3.63) is 66.2 Å². The van der Waals surface area contributed by atoms with Crippen molar-refractivity contribution >= 4 is 17.3 Å². The van der Waals surface area contributed by atoms with E-state index in [1.54, 1.807) is 30.3 Å². The van der Waals surface area contributed by atoms with Crippen LogP contribution in [0.4, 0.5) is 11.4 Å². The van der Waals surface area contributed by atoms with Gasteiger partial charge in [-0.25, -0.2) is 4.79 Å². The third-order valence-corrected chi connectivity index (χ3v) is 3.63. The van der Waals surface area contributed by atoms with Gasteiger partial charge in [0.2, 0.25) is 0 Å². The molecule has 126 valence electrons. The fraction of sp³-hybridized carbons (Fsp3) is 0. The zero-order valence-corrected chi connectivity index (χ0v) is 13.1. The lowest BCUT2D eigenvalue weighted by Crippen LogP contribution is -2.10. The monoisotopic (exact) mass is 336 g/mol. The second kappa shape index (κ2) is 6.45. The lowest BCUT2D eigenvalue weighted by molar-refractivity contribution is 0.0735. The van der Waals surface area contributed by atoms with Gasteiger partial charge in [0.05, 0.1) is 11.3 Å². The molecule has 25 heavy (non-hydrogen) atoms. The van der Waals surface area contributed by atoms with Crippen LogP contribution in [0.25, 0.3) is 11.1 Å². The molecule has 6 nitrogen and oxygen atoms in total. The van der Waals surface area contributed by atoms with E-state index in [4.69, 9.17) is 16.2 Å². The van der Waals surface area contributed by atoms with E-state index in [0.29, 0.717) is 16.8 Å². The maximum atomic E-state index is 12.6. The maximum absolute atomic E-state index is 12.6. The molecule has 0 atom stereocenters. The molecule has 6 heteroatoms. The molecule has 0 bridgehead atoms. The molecule has 0 unspecified atom stereocenters. The number of hydrogen-bond donors (Lipinski definition) is 4. The van der Waals surface area contributed by atoms with E-state index in [0.717, 1.165) is 0 Å². The first-order chi connectivity index (χ1) is 11.9. The topological polar surface area (TPSA) is 119 Å².